The molecule has 6 heteroatoms. The molecule has 0 aliphatic heterocycles. The minimum atomic E-state index is -0.513. The van der Waals surface area contributed by atoms with Crippen molar-refractivity contribution in [3.05, 3.63) is 84.6 Å². The number of carbonyl (C=O) groups is 1. The van der Waals surface area contributed by atoms with E-state index in [0.29, 0.717) is 11.1 Å². The molecular weight excluding hydrogens is 292 g/mol. The van der Waals surface area contributed by atoms with E-state index in [1.807, 2.05) is 18.2 Å². The van der Waals surface area contributed by atoms with Gasteiger partial charge < -0.3 is 10.3 Å². The summed E-state index contributed by atoms with van der Waals surface area (Å²) in [5.41, 5.74) is 6.29. The fourth-order valence-electron chi connectivity index (χ4n) is 1.68. The van der Waals surface area contributed by atoms with Crippen molar-refractivity contribution in [3.8, 4) is 0 Å². The third kappa shape index (κ3) is 5.47. The van der Waals surface area contributed by atoms with Crippen LogP contribution in [-0.4, -0.2) is 21.5 Å². The highest BCUT2D eigenvalue weighted by Crippen LogP contribution is 2.08. The van der Waals surface area contributed by atoms with Crippen molar-refractivity contribution < 1.29 is 9.32 Å². The maximum atomic E-state index is 11.5. The van der Waals surface area contributed by atoms with Gasteiger partial charge in [-0.2, -0.15) is 0 Å². The predicted molar refractivity (Wildman–Crippen MR) is 87.6 cm³/mol. The molecule has 116 valence electrons. The van der Waals surface area contributed by atoms with Gasteiger partial charge in [-0.05, 0) is 29.5 Å². The number of nitrogens with zero attached hydrogens (tertiary/aromatic N) is 2. The number of fused-ring (bicyclic) bond motifs is 1. The molecule has 0 radical (unpaired) electrons. The summed E-state index contributed by atoms with van der Waals surface area (Å²) in [7, 11) is 0. The Labute approximate surface area is 132 Å². The van der Waals surface area contributed by atoms with Crippen molar-refractivity contribution in [2.24, 2.45) is 5.73 Å². The highest BCUT2D eigenvalue weighted by Gasteiger charge is 1.94. The number of hydrogen-bond acceptors (Lipinski definition) is 4. The lowest BCUT2D eigenvalue weighted by atomic mass is 10.2. The van der Waals surface area contributed by atoms with Crippen LogP contribution in [0.25, 0.3) is 11.0 Å². The molecule has 0 saturated heterocycles. The maximum Gasteiger partial charge on any atom is 0.248 e. The SMILES string of the molecule is NC(=O)c1cccccccnn[nH]oc2ccccc2cc1. The molecule has 0 spiro atoms. The molecule has 2 aromatic rings. The van der Waals surface area contributed by atoms with Crippen LogP contribution in [-0.2, 0) is 0 Å². The molecule has 6 nitrogen and oxygen atoms in total. The number of nitrogens with two attached hydrogens (primary N) is 1. The molecular formula is C17H16N4O2. The topological polar surface area (TPSA) is 97.8 Å². The summed E-state index contributed by atoms with van der Waals surface area (Å²) in [5, 5.41) is 10.5. The number of para-hydroxylation sites is 1. The minimum Gasteiger partial charge on any atom is -0.366 e. The summed E-state index contributed by atoms with van der Waals surface area (Å²) in [6.45, 7) is 0. The van der Waals surface area contributed by atoms with Gasteiger partial charge in [0, 0.05) is 10.9 Å². The molecule has 0 saturated carbocycles. The monoisotopic (exact) mass is 308 g/mol. The average molecular weight is 308 g/mol. The third-order valence-electron chi connectivity index (χ3n) is 2.77. The number of aromatic nitrogens is 3. The Bertz CT molecular complexity index is 838. The van der Waals surface area contributed by atoms with Crippen LogP contribution >= 0.6 is 0 Å². The number of amides is 1. The Morgan fingerprint density at radius 3 is 2.52 bits per heavy atom. The first-order valence-electron chi connectivity index (χ1n) is 6.86. The number of nitrogens with one attached hydrogen (secondary N) is 1. The van der Waals surface area contributed by atoms with Gasteiger partial charge in [-0.3, -0.25) is 4.79 Å². The number of aromatic amines is 1. The second-order valence-corrected chi connectivity index (χ2v) is 4.38. The molecule has 23 heavy (non-hydrogen) atoms. The molecule has 1 aromatic carbocycles. The molecule has 0 fully saturated rings. The van der Waals surface area contributed by atoms with Crippen LogP contribution in [0.3, 0.4) is 0 Å². The van der Waals surface area contributed by atoms with Gasteiger partial charge in [0.05, 0.1) is 6.20 Å². The van der Waals surface area contributed by atoms with E-state index in [0.717, 1.165) is 5.39 Å². The van der Waals surface area contributed by atoms with Crippen LogP contribution in [0.5, 0.6) is 0 Å². The van der Waals surface area contributed by atoms with Crippen LogP contribution in [0.15, 0.2) is 83.5 Å². The minimum absolute atomic E-state index is 0.375. The lowest BCUT2D eigenvalue weighted by Crippen LogP contribution is -2.09. The van der Waals surface area contributed by atoms with Gasteiger partial charge in [0.15, 0.2) is 5.58 Å². The number of benzene rings is 1. The van der Waals surface area contributed by atoms with E-state index in [4.69, 9.17) is 10.3 Å². The fraction of sp³-hybridized carbons (Fsp3) is 0. The number of rotatable bonds is 1. The highest BCUT2D eigenvalue weighted by atomic mass is 16.5. The third-order valence-corrected chi connectivity index (χ3v) is 2.77. The van der Waals surface area contributed by atoms with E-state index in [2.05, 4.69) is 15.6 Å². The molecule has 0 aliphatic rings. The summed E-state index contributed by atoms with van der Waals surface area (Å²) >= 11 is 0. The van der Waals surface area contributed by atoms with Crippen molar-refractivity contribution in [1.82, 2.24) is 15.6 Å². The Balaban J connectivity index is 2.72. The van der Waals surface area contributed by atoms with Crippen molar-refractivity contribution in [2.75, 3.05) is 0 Å². The van der Waals surface area contributed by atoms with Gasteiger partial charge in [0.1, 0.15) is 0 Å². The van der Waals surface area contributed by atoms with Crippen LogP contribution in [0, 0.1) is 0 Å². The van der Waals surface area contributed by atoms with E-state index in [9.17, 15) is 4.79 Å². The Morgan fingerprint density at radius 2 is 1.65 bits per heavy atom. The molecule has 1 amide bonds. The Hall–Kier alpha value is -3.41. The molecule has 1 aromatic heterocycles. The number of hydrogen-bond donors (Lipinski definition) is 2. The Morgan fingerprint density at radius 1 is 0.913 bits per heavy atom. The van der Waals surface area contributed by atoms with Crippen LogP contribution in [0.1, 0.15) is 10.4 Å². The van der Waals surface area contributed by atoms with Crippen LogP contribution in [0.4, 0.5) is 0 Å². The van der Waals surface area contributed by atoms with E-state index in [1.54, 1.807) is 54.6 Å². The molecule has 0 bridgehead atoms. The van der Waals surface area contributed by atoms with E-state index >= 15 is 0 Å². The van der Waals surface area contributed by atoms with Crippen LogP contribution < -0.4 is 5.73 Å². The fourth-order valence-corrected chi connectivity index (χ4v) is 1.68. The number of carbonyl (C=O) groups excluding carboxylic acids is 1. The largest absolute Gasteiger partial charge is 0.366 e. The van der Waals surface area contributed by atoms with Gasteiger partial charge in [0.25, 0.3) is 0 Å². The smallest absolute Gasteiger partial charge is 0.248 e. The predicted octanol–water partition coefficient (Wildman–Crippen LogP) is 3.02. The zero-order valence-electron chi connectivity index (χ0n) is 12.3. The summed E-state index contributed by atoms with van der Waals surface area (Å²) in [6, 6.07) is 21.0. The number of H-pyrrole nitrogens is 1. The molecule has 0 atom stereocenters. The molecule has 0 aliphatic carbocycles. The summed E-state index contributed by atoms with van der Waals surface area (Å²) in [4.78, 5) is 11.5. The van der Waals surface area contributed by atoms with Crippen molar-refractivity contribution >= 4 is 16.9 Å². The summed E-state index contributed by atoms with van der Waals surface area (Å²) in [5.74, 6) is -0.513. The van der Waals surface area contributed by atoms with Crippen molar-refractivity contribution in [2.45, 2.75) is 0 Å². The lowest BCUT2D eigenvalue weighted by Gasteiger charge is -1.91. The maximum absolute atomic E-state index is 11.5. The average Bonchev–Trinajstić information content (AvgIpc) is 2.54. The van der Waals surface area contributed by atoms with Gasteiger partial charge in [-0.25, -0.2) is 0 Å². The molecule has 3 N–H and O–H groups in total. The van der Waals surface area contributed by atoms with Crippen LogP contribution in [0.2, 0.25) is 0 Å². The van der Waals surface area contributed by atoms with Crippen molar-refractivity contribution in [3.63, 3.8) is 0 Å². The Kier molecular flexibility index (Phi) is 6.10. The summed E-state index contributed by atoms with van der Waals surface area (Å²) < 4.78 is 5.32. The van der Waals surface area contributed by atoms with Gasteiger partial charge in [-0.15, -0.1) is 10.4 Å². The number of primary amides is 1. The first-order chi connectivity index (χ1) is 11.3. The van der Waals surface area contributed by atoms with E-state index in [-0.39, 0.29) is 0 Å². The molecule has 0 unspecified atom stereocenters. The second kappa shape index (κ2) is 8.78. The molecule has 1 heterocycles. The zero-order chi connectivity index (χ0) is 16.3. The molecule has 2 rings (SSSR count). The normalized spacial score (nSPS) is 9.22. The standard InChI is InChI=1S/C17H16N4O2/c18-17(22)15-9-4-2-1-3-7-13-19-20-21-23-16-10-6-5-8-14(16)11-12-15/h1-13H,(H2,18,22)(H,19,21). The first-order valence-corrected chi connectivity index (χ1v) is 6.86. The van der Waals surface area contributed by atoms with E-state index < -0.39 is 5.91 Å². The van der Waals surface area contributed by atoms with Gasteiger partial charge in [0.2, 0.25) is 5.91 Å². The lowest BCUT2D eigenvalue weighted by molar-refractivity contribution is 0.100. The van der Waals surface area contributed by atoms with Gasteiger partial charge >= 0.3 is 0 Å². The first kappa shape index (κ1) is 16.0. The summed E-state index contributed by atoms with van der Waals surface area (Å²) in [6.07, 6.45) is 1.50. The van der Waals surface area contributed by atoms with E-state index in [1.165, 1.54) is 6.20 Å². The highest BCUT2D eigenvalue weighted by molar-refractivity contribution is 5.92. The van der Waals surface area contributed by atoms with Crippen molar-refractivity contribution in [1.29, 1.82) is 0 Å². The van der Waals surface area contributed by atoms with Gasteiger partial charge in [-0.1, -0.05) is 48.5 Å². The quantitative estimate of drug-likeness (QED) is 0.846. The zero-order valence-corrected chi connectivity index (χ0v) is 12.3. The second-order valence-electron chi connectivity index (χ2n) is 4.38.